The van der Waals surface area contributed by atoms with Crippen LogP contribution < -0.4 is 4.90 Å². The van der Waals surface area contributed by atoms with Crippen molar-refractivity contribution in [3.63, 3.8) is 0 Å². The number of anilines is 1. The van der Waals surface area contributed by atoms with Gasteiger partial charge in [0.05, 0.1) is 32.5 Å². The molecule has 28 heavy (non-hydrogen) atoms. The Morgan fingerprint density at radius 1 is 1.32 bits per heavy atom. The molecule has 1 saturated heterocycles. The molecule has 0 bridgehead atoms. The minimum Gasteiger partial charge on any atom is -0.382 e. The number of halogens is 1. The van der Waals surface area contributed by atoms with Crippen LogP contribution >= 0.6 is 0 Å². The first-order chi connectivity index (χ1) is 13.6. The lowest BCUT2D eigenvalue weighted by Crippen LogP contribution is -2.48. The number of hydrogen-bond donors (Lipinski definition) is 0. The molecule has 2 amide bonds. The Balaban J connectivity index is 1.52. The van der Waals surface area contributed by atoms with Crippen molar-refractivity contribution in [2.75, 3.05) is 58.1 Å². The van der Waals surface area contributed by atoms with Gasteiger partial charge in [0, 0.05) is 45.3 Å². The van der Waals surface area contributed by atoms with Gasteiger partial charge in [0.2, 0.25) is 11.8 Å². The number of carbonyl (C=O) groups excluding carboxylic acids is 2. The molecule has 1 fully saturated rings. The Bertz CT molecular complexity index is 699. The van der Waals surface area contributed by atoms with Crippen LogP contribution in [0.3, 0.4) is 0 Å². The summed E-state index contributed by atoms with van der Waals surface area (Å²) in [6, 6.07) is 4.43. The van der Waals surface area contributed by atoms with E-state index >= 15 is 0 Å². The average Bonchev–Trinajstić information content (AvgIpc) is 2.70. The zero-order valence-corrected chi connectivity index (χ0v) is 16.2. The molecule has 1 atom stereocenters. The molecule has 0 spiro atoms. The first-order valence-corrected chi connectivity index (χ1v) is 9.63. The summed E-state index contributed by atoms with van der Waals surface area (Å²) in [7, 11) is 1.61. The summed E-state index contributed by atoms with van der Waals surface area (Å²) in [5.41, 5.74) is 1.52. The van der Waals surface area contributed by atoms with E-state index in [2.05, 4.69) is 0 Å². The van der Waals surface area contributed by atoms with E-state index in [4.69, 9.17) is 14.2 Å². The molecule has 0 aromatic heterocycles. The fourth-order valence-corrected chi connectivity index (χ4v) is 3.54. The number of rotatable bonds is 8. The molecule has 7 nitrogen and oxygen atoms in total. The lowest BCUT2D eigenvalue weighted by molar-refractivity contribution is -0.141. The van der Waals surface area contributed by atoms with Crippen LogP contribution in [0.25, 0.3) is 0 Å². The monoisotopic (exact) mass is 394 g/mol. The normalized spacial score (nSPS) is 19.6. The summed E-state index contributed by atoms with van der Waals surface area (Å²) < 4.78 is 29.5. The van der Waals surface area contributed by atoms with Gasteiger partial charge in [-0.2, -0.15) is 0 Å². The molecule has 154 valence electrons. The SMILES string of the molecule is COCCOCC1CN(C(=O)CCN2C(=O)CCc3cc(F)ccc32)CCO1. The number of morpholine rings is 1. The smallest absolute Gasteiger partial charge is 0.227 e. The minimum absolute atomic E-state index is 0.0211. The molecule has 0 aliphatic carbocycles. The number of methoxy groups -OCH3 is 1. The fraction of sp³-hybridized carbons (Fsp3) is 0.600. The van der Waals surface area contributed by atoms with Crippen LogP contribution in [0.4, 0.5) is 10.1 Å². The molecule has 0 saturated carbocycles. The van der Waals surface area contributed by atoms with Crippen LogP contribution in [0.1, 0.15) is 18.4 Å². The molecule has 0 N–H and O–H groups in total. The van der Waals surface area contributed by atoms with Crippen molar-refractivity contribution in [1.29, 1.82) is 0 Å². The Hall–Kier alpha value is -2.03. The molecule has 1 aromatic carbocycles. The predicted molar refractivity (Wildman–Crippen MR) is 101 cm³/mol. The number of carbonyl (C=O) groups is 2. The maximum absolute atomic E-state index is 13.5. The molecule has 8 heteroatoms. The molecule has 2 aliphatic rings. The number of hydrogen-bond acceptors (Lipinski definition) is 5. The van der Waals surface area contributed by atoms with Gasteiger partial charge in [0.25, 0.3) is 0 Å². The number of nitrogens with zero attached hydrogens (tertiary/aromatic N) is 2. The number of benzene rings is 1. The van der Waals surface area contributed by atoms with Crippen LogP contribution in [-0.4, -0.2) is 76.0 Å². The predicted octanol–water partition coefficient (Wildman–Crippen LogP) is 1.39. The minimum atomic E-state index is -0.309. The maximum Gasteiger partial charge on any atom is 0.227 e. The van der Waals surface area contributed by atoms with Gasteiger partial charge in [-0.25, -0.2) is 4.39 Å². The Kier molecular flexibility index (Phi) is 7.36. The van der Waals surface area contributed by atoms with Gasteiger partial charge in [-0.1, -0.05) is 0 Å². The largest absolute Gasteiger partial charge is 0.382 e. The van der Waals surface area contributed by atoms with Crippen LogP contribution in [0.2, 0.25) is 0 Å². The second kappa shape index (κ2) is 9.95. The molecular weight excluding hydrogens is 367 g/mol. The van der Waals surface area contributed by atoms with E-state index in [0.717, 1.165) is 5.56 Å². The fourth-order valence-electron chi connectivity index (χ4n) is 3.54. The van der Waals surface area contributed by atoms with Gasteiger partial charge < -0.3 is 24.0 Å². The number of aryl methyl sites for hydroxylation is 1. The first-order valence-electron chi connectivity index (χ1n) is 9.63. The highest BCUT2D eigenvalue weighted by molar-refractivity contribution is 5.97. The second-order valence-electron chi connectivity index (χ2n) is 6.97. The van der Waals surface area contributed by atoms with Crippen LogP contribution in [0, 0.1) is 5.82 Å². The lowest BCUT2D eigenvalue weighted by Gasteiger charge is -2.34. The van der Waals surface area contributed by atoms with Crippen molar-refractivity contribution in [1.82, 2.24) is 4.90 Å². The third-order valence-electron chi connectivity index (χ3n) is 5.02. The summed E-state index contributed by atoms with van der Waals surface area (Å²) >= 11 is 0. The van der Waals surface area contributed by atoms with Crippen molar-refractivity contribution < 1.29 is 28.2 Å². The van der Waals surface area contributed by atoms with Crippen molar-refractivity contribution in [2.45, 2.75) is 25.4 Å². The highest BCUT2D eigenvalue weighted by Crippen LogP contribution is 2.28. The van der Waals surface area contributed by atoms with Crippen molar-refractivity contribution >= 4 is 17.5 Å². The van der Waals surface area contributed by atoms with Crippen molar-refractivity contribution in [3.05, 3.63) is 29.6 Å². The second-order valence-corrected chi connectivity index (χ2v) is 6.97. The van der Waals surface area contributed by atoms with Gasteiger partial charge in [-0.3, -0.25) is 9.59 Å². The van der Waals surface area contributed by atoms with E-state index < -0.39 is 0 Å². The van der Waals surface area contributed by atoms with Gasteiger partial charge >= 0.3 is 0 Å². The quantitative estimate of drug-likeness (QED) is 0.624. The third kappa shape index (κ3) is 5.27. The molecule has 3 rings (SSSR count). The van der Waals surface area contributed by atoms with E-state index in [1.54, 1.807) is 23.0 Å². The summed E-state index contributed by atoms with van der Waals surface area (Å²) in [4.78, 5) is 28.3. The maximum atomic E-state index is 13.5. The summed E-state index contributed by atoms with van der Waals surface area (Å²) in [6.07, 6.45) is 0.933. The van der Waals surface area contributed by atoms with Crippen molar-refractivity contribution in [3.8, 4) is 0 Å². The Morgan fingerprint density at radius 2 is 2.18 bits per heavy atom. The highest BCUT2D eigenvalue weighted by atomic mass is 19.1. The summed E-state index contributed by atoms with van der Waals surface area (Å²) in [6.45, 7) is 3.19. The molecule has 1 aromatic rings. The molecule has 2 heterocycles. The van der Waals surface area contributed by atoms with Crippen LogP contribution in [-0.2, 0) is 30.2 Å². The highest BCUT2D eigenvalue weighted by Gasteiger charge is 2.28. The molecular formula is C20H27FN2O5. The van der Waals surface area contributed by atoms with Crippen LogP contribution in [0.5, 0.6) is 0 Å². The standard InChI is InChI=1S/C20H27FN2O5/c1-26-10-11-27-14-17-13-22(8-9-28-17)19(24)6-7-23-18-4-3-16(21)12-15(18)2-5-20(23)25/h3-4,12,17H,2,5-11,13-14H2,1H3. The summed E-state index contributed by atoms with van der Waals surface area (Å²) in [5.74, 6) is -0.360. The van der Waals surface area contributed by atoms with E-state index in [-0.39, 0.29) is 30.2 Å². The zero-order chi connectivity index (χ0) is 19.9. The molecule has 0 radical (unpaired) electrons. The number of ether oxygens (including phenoxy) is 3. The van der Waals surface area contributed by atoms with Gasteiger partial charge in [0.15, 0.2) is 0 Å². The number of fused-ring (bicyclic) bond motifs is 1. The van der Waals surface area contributed by atoms with Gasteiger partial charge in [-0.05, 0) is 30.2 Å². The Morgan fingerprint density at radius 3 is 3.00 bits per heavy atom. The van der Waals surface area contributed by atoms with E-state index in [1.807, 2.05) is 0 Å². The summed E-state index contributed by atoms with van der Waals surface area (Å²) in [5, 5.41) is 0. The van der Waals surface area contributed by atoms with Gasteiger partial charge in [-0.15, -0.1) is 0 Å². The van der Waals surface area contributed by atoms with E-state index in [9.17, 15) is 14.0 Å². The lowest BCUT2D eigenvalue weighted by atomic mass is 10.0. The van der Waals surface area contributed by atoms with Crippen LogP contribution in [0.15, 0.2) is 18.2 Å². The molecule has 1 unspecified atom stereocenters. The van der Waals surface area contributed by atoms with E-state index in [0.29, 0.717) is 64.6 Å². The zero-order valence-electron chi connectivity index (χ0n) is 16.2. The molecule has 2 aliphatic heterocycles. The van der Waals surface area contributed by atoms with Gasteiger partial charge in [0.1, 0.15) is 5.82 Å². The number of amides is 2. The van der Waals surface area contributed by atoms with E-state index in [1.165, 1.54) is 12.1 Å². The van der Waals surface area contributed by atoms with Crippen molar-refractivity contribution in [2.24, 2.45) is 0 Å². The Labute approximate surface area is 164 Å². The first kappa shape index (κ1) is 20.7. The topological polar surface area (TPSA) is 68.3 Å². The average molecular weight is 394 g/mol. The third-order valence-corrected chi connectivity index (χ3v) is 5.02.